The summed E-state index contributed by atoms with van der Waals surface area (Å²) in [6.07, 6.45) is 2.39. The van der Waals surface area contributed by atoms with Gasteiger partial charge in [-0.1, -0.05) is 24.3 Å². The second-order valence-electron chi connectivity index (χ2n) is 5.01. The van der Waals surface area contributed by atoms with Gasteiger partial charge in [-0.15, -0.1) is 23.7 Å². The van der Waals surface area contributed by atoms with Crippen molar-refractivity contribution >= 4 is 33.8 Å². The number of sulfonamides is 1. The van der Waals surface area contributed by atoms with Crippen LogP contribution in [0.3, 0.4) is 0 Å². The van der Waals surface area contributed by atoms with Crippen LogP contribution in [-0.2, 0) is 16.4 Å². The van der Waals surface area contributed by atoms with Gasteiger partial charge >= 0.3 is 0 Å². The Labute approximate surface area is 140 Å². The highest BCUT2D eigenvalue weighted by Gasteiger charge is 2.23. The first-order chi connectivity index (χ1) is 10.1. The van der Waals surface area contributed by atoms with Gasteiger partial charge in [-0.2, -0.15) is 0 Å². The quantitative estimate of drug-likeness (QED) is 0.876. The van der Waals surface area contributed by atoms with Crippen LogP contribution in [-0.4, -0.2) is 26.5 Å². The number of hydrogen-bond acceptors (Lipinski definition) is 5. The normalized spacial score (nSPS) is 17.6. The largest absolute Gasteiger partial charge is 0.308 e. The van der Waals surface area contributed by atoms with Crippen LogP contribution in [0.15, 0.2) is 34.7 Å². The monoisotopic (exact) mass is 359 g/mol. The van der Waals surface area contributed by atoms with Gasteiger partial charge in [-0.3, -0.25) is 0 Å². The topological polar surface area (TPSA) is 71.1 Å². The number of nitrogens with zero attached hydrogens (tertiary/aromatic N) is 1. The first-order valence-corrected chi connectivity index (χ1v) is 9.09. The molecule has 0 radical (unpaired) electrons. The van der Waals surface area contributed by atoms with E-state index in [1.165, 1.54) is 28.7 Å². The molecule has 1 unspecified atom stereocenters. The molecule has 0 saturated heterocycles. The third kappa shape index (κ3) is 3.67. The molecular weight excluding hydrogens is 342 g/mol. The Kier molecular flexibility index (Phi) is 5.57. The lowest BCUT2D eigenvalue weighted by atomic mass is 9.95. The third-order valence-corrected chi connectivity index (χ3v) is 6.36. The smallest absolute Gasteiger partial charge is 0.251 e. The van der Waals surface area contributed by atoms with Crippen LogP contribution in [0.1, 0.15) is 22.2 Å². The van der Waals surface area contributed by atoms with E-state index in [9.17, 15) is 8.42 Å². The molecule has 2 heterocycles. The van der Waals surface area contributed by atoms with Gasteiger partial charge in [0.2, 0.25) is 0 Å². The van der Waals surface area contributed by atoms with Crippen LogP contribution in [0, 0.1) is 6.92 Å². The minimum atomic E-state index is -3.48. The highest BCUT2D eigenvalue weighted by Crippen LogP contribution is 2.23. The number of rotatable bonds is 4. The number of thiazole rings is 1. The van der Waals surface area contributed by atoms with Crippen molar-refractivity contribution in [1.29, 1.82) is 0 Å². The van der Waals surface area contributed by atoms with Crippen molar-refractivity contribution in [3.8, 4) is 0 Å². The second-order valence-corrected chi connectivity index (χ2v) is 8.23. The maximum atomic E-state index is 12.2. The molecule has 1 aromatic heterocycles. The van der Waals surface area contributed by atoms with Gasteiger partial charge < -0.3 is 5.32 Å². The molecule has 2 N–H and O–H groups in total. The van der Waals surface area contributed by atoms with Crippen molar-refractivity contribution in [3.05, 3.63) is 46.6 Å². The molecule has 1 aliphatic heterocycles. The number of aryl methyl sites for hydroxylation is 1. The van der Waals surface area contributed by atoms with Gasteiger partial charge in [0, 0.05) is 12.6 Å². The molecule has 1 aliphatic rings. The van der Waals surface area contributed by atoms with Crippen LogP contribution in [0.25, 0.3) is 0 Å². The van der Waals surface area contributed by atoms with Gasteiger partial charge in [0.25, 0.3) is 10.0 Å². The fourth-order valence-corrected chi connectivity index (χ4v) is 4.70. The molecule has 0 bridgehead atoms. The number of fused-ring (bicyclic) bond motifs is 1. The zero-order chi connectivity index (χ0) is 14.9. The molecule has 0 aliphatic carbocycles. The van der Waals surface area contributed by atoms with E-state index >= 15 is 0 Å². The van der Waals surface area contributed by atoms with Crippen LogP contribution >= 0.6 is 23.7 Å². The van der Waals surface area contributed by atoms with Crippen molar-refractivity contribution < 1.29 is 8.42 Å². The summed E-state index contributed by atoms with van der Waals surface area (Å²) < 4.78 is 27.4. The van der Waals surface area contributed by atoms with Crippen molar-refractivity contribution in [1.82, 2.24) is 15.0 Å². The summed E-state index contributed by atoms with van der Waals surface area (Å²) in [5.41, 5.74) is 2.46. The van der Waals surface area contributed by atoms with Gasteiger partial charge in [-0.05, 0) is 31.0 Å². The molecule has 1 aromatic carbocycles. The molecule has 0 saturated carbocycles. The Bertz CT molecular complexity index is 746. The maximum Gasteiger partial charge on any atom is 0.251 e. The average molecular weight is 360 g/mol. The first kappa shape index (κ1) is 17.4. The Morgan fingerprint density at radius 1 is 1.41 bits per heavy atom. The van der Waals surface area contributed by atoms with Crippen molar-refractivity contribution in [3.63, 3.8) is 0 Å². The Hall–Kier alpha value is -0.990. The van der Waals surface area contributed by atoms with E-state index in [0.717, 1.165) is 18.0 Å². The Morgan fingerprint density at radius 3 is 2.91 bits per heavy atom. The minimum absolute atomic E-state index is 0. The predicted octanol–water partition coefficient (Wildman–Crippen LogP) is 2.04. The number of benzene rings is 1. The van der Waals surface area contributed by atoms with Gasteiger partial charge in [-0.25, -0.2) is 18.1 Å². The summed E-state index contributed by atoms with van der Waals surface area (Å²) in [4.78, 5) is 4.00. The van der Waals surface area contributed by atoms with E-state index < -0.39 is 10.0 Å². The van der Waals surface area contributed by atoms with Crippen molar-refractivity contribution in [2.24, 2.45) is 0 Å². The maximum absolute atomic E-state index is 12.2. The summed E-state index contributed by atoms with van der Waals surface area (Å²) in [5.74, 6) is 0. The lowest BCUT2D eigenvalue weighted by Crippen LogP contribution is -2.38. The molecule has 2 aromatic rings. The Morgan fingerprint density at radius 2 is 2.18 bits per heavy atom. The fourth-order valence-electron chi connectivity index (χ4n) is 2.51. The molecule has 1 atom stereocenters. The van der Waals surface area contributed by atoms with E-state index in [1.54, 1.807) is 6.92 Å². The molecule has 0 spiro atoms. The molecule has 0 amide bonds. The van der Waals surface area contributed by atoms with E-state index in [0.29, 0.717) is 6.54 Å². The Balaban J connectivity index is 0.00000176. The number of hydrogen-bond donors (Lipinski definition) is 2. The number of nitrogens with one attached hydrogen (secondary N) is 2. The third-order valence-electron chi connectivity index (χ3n) is 3.56. The lowest BCUT2D eigenvalue weighted by Gasteiger charge is -2.26. The van der Waals surface area contributed by atoms with Gasteiger partial charge in [0.15, 0.2) is 4.21 Å². The summed E-state index contributed by atoms with van der Waals surface area (Å²) in [5, 5.41) is 4.11. The highest BCUT2D eigenvalue weighted by molar-refractivity contribution is 7.91. The van der Waals surface area contributed by atoms with Crippen LogP contribution in [0.2, 0.25) is 0 Å². The first-order valence-electron chi connectivity index (χ1n) is 6.79. The molecule has 5 nitrogen and oxygen atoms in total. The summed E-state index contributed by atoms with van der Waals surface area (Å²) in [7, 11) is -3.48. The molecule has 3 rings (SSSR count). The molecule has 120 valence electrons. The number of aromatic nitrogens is 1. The predicted molar refractivity (Wildman–Crippen MR) is 90.2 cm³/mol. The summed E-state index contributed by atoms with van der Waals surface area (Å²) in [6.45, 7) is 3.00. The lowest BCUT2D eigenvalue weighted by molar-refractivity contribution is 0.492. The summed E-state index contributed by atoms with van der Waals surface area (Å²) >= 11 is 1.18. The molecule has 8 heteroatoms. The van der Waals surface area contributed by atoms with Crippen molar-refractivity contribution in [2.45, 2.75) is 23.6 Å². The van der Waals surface area contributed by atoms with E-state index in [2.05, 4.69) is 27.2 Å². The van der Waals surface area contributed by atoms with Crippen molar-refractivity contribution in [2.75, 3.05) is 13.1 Å². The minimum Gasteiger partial charge on any atom is -0.308 e. The number of halogens is 1. The van der Waals surface area contributed by atoms with Crippen LogP contribution in [0.4, 0.5) is 0 Å². The van der Waals surface area contributed by atoms with Crippen LogP contribution < -0.4 is 10.0 Å². The van der Waals surface area contributed by atoms with Gasteiger partial charge in [0.1, 0.15) is 0 Å². The van der Waals surface area contributed by atoms with Gasteiger partial charge in [0.05, 0.1) is 11.2 Å². The molecule has 22 heavy (non-hydrogen) atoms. The molecule has 0 fully saturated rings. The standard InChI is InChI=1S/C14H17N3O2S2.ClH/c1-10-16-9-14(20-10)21(18,19)17-8-13-12-5-3-2-4-11(12)6-7-15-13;/h2-5,9,13,15,17H,6-8H2,1H3;1H. The zero-order valence-corrected chi connectivity index (χ0v) is 14.5. The van der Waals surface area contributed by atoms with E-state index in [1.807, 2.05) is 12.1 Å². The van der Waals surface area contributed by atoms with Crippen LogP contribution in [0.5, 0.6) is 0 Å². The SMILES string of the molecule is Cc1ncc(S(=O)(=O)NCC2NCCc3ccccc32)s1.Cl. The van der Waals surface area contributed by atoms with E-state index in [-0.39, 0.29) is 22.7 Å². The summed E-state index contributed by atoms with van der Waals surface area (Å²) in [6, 6.07) is 8.17. The average Bonchev–Trinajstić information content (AvgIpc) is 2.93. The molecular formula is C14H18ClN3O2S2. The second kappa shape index (κ2) is 7.06. The highest BCUT2D eigenvalue weighted by atomic mass is 35.5. The van der Waals surface area contributed by atoms with E-state index in [4.69, 9.17) is 0 Å². The zero-order valence-electron chi connectivity index (χ0n) is 12.1. The fraction of sp³-hybridized carbons (Fsp3) is 0.357.